The Kier molecular flexibility index (Phi) is 4.91. The zero-order chi connectivity index (χ0) is 11.6. The Morgan fingerprint density at radius 1 is 1.29 bits per heavy atom. The van der Waals surface area contributed by atoms with Crippen LogP contribution in [-0.4, -0.2) is 43.3 Å². The molecule has 0 rings (SSSR count). The molecule has 0 aromatic heterocycles. The van der Waals surface area contributed by atoms with Crippen LogP contribution in [0.5, 0.6) is 0 Å². The lowest BCUT2D eigenvalue weighted by atomic mass is 11.0. The largest absolute Gasteiger partial charge is 0.338 e. The zero-order valence-corrected chi connectivity index (χ0v) is 11.8. The van der Waals surface area contributed by atoms with Gasteiger partial charge in [-0.2, -0.15) is 0 Å². The minimum atomic E-state index is -3.73. The molecule has 0 aliphatic carbocycles. The molecule has 7 heteroatoms. The van der Waals surface area contributed by atoms with Gasteiger partial charge in [-0.3, -0.25) is 8.88 Å². The highest BCUT2D eigenvalue weighted by molar-refractivity contribution is 7.81. The van der Waals surface area contributed by atoms with E-state index in [1.165, 1.54) is 13.3 Å². The molecule has 0 amide bonds. The van der Waals surface area contributed by atoms with E-state index in [0.29, 0.717) is 6.16 Å². The first-order valence-corrected chi connectivity index (χ1v) is 11.3. The van der Waals surface area contributed by atoms with Gasteiger partial charge < -0.3 is 9.46 Å². The van der Waals surface area contributed by atoms with Crippen LogP contribution in [0.15, 0.2) is 0 Å². The van der Waals surface area contributed by atoms with Crippen LogP contribution in [0.25, 0.3) is 0 Å². The molecule has 0 aliphatic heterocycles. The highest BCUT2D eigenvalue weighted by Crippen LogP contribution is 2.64. The lowest BCUT2D eigenvalue weighted by Crippen LogP contribution is -1.95. The molecule has 0 aliphatic rings. The molecule has 86 valence electrons. The molecule has 0 saturated heterocycles. The first-order valence-electron chi connectivity index (χ1n) is 4.24. The molecule has 4 nitrogen and oxygen atoms in total. The van der Waals surface area contributed by atoms with Crippen molar-refractivity contribution in [1.29, 1.82) is 0 Å². The van der Waals surface area contributed by atoms with Crippen molar-refractivity contribution in [3.05, 3.63) is 0 Å². The molecule has 1 N–H and O–H groups in total. The second-order valence-corrected chi connectivity index (χ2v) is 13.5. The highest BCUT2D eigenvalue weighted by Gasteiger charge is 2.29. The van der Waals surface area contributed by atoms with Crippen LogP contribution in [-0.2, 0) is 13.4 Å². The molecule has 0 heterocycles. The van der Waals surface area contributed by atoms with Crippen LogP contribution < -0.4 is 0 Å². The van der Waals surface area contributed by atoms with Crippen molar-refractivity contribution < 1.29 is 18.3 Å². The summed E-state index contributed by atoms with van der Waals surface area (Å²) in [4.78, 5) is 9.47. The smallest absolute Gasteiger partial charge is 0.324 e. The quantitative estimate of drug-likeness (QED) is 0.772. The van der Waals surface area contributed by atoms with E-state index in [0.717, 1.165) is 0 Å². The van der Waals surface area contributed by atoms with E-state index in [-0.39, 0.29) is 5.90 Å². The number of rotatable bonds is 5. The highest BCUT2D eigenvalue weighted by atomic mass is 31.3. The maximum atomic E-state index is 11.6. The van der Waals surface area contributed by atoms with E-state index in [1.807, 2.05) is 6.92 Å². The van der Waals surface area contributed by atoms with Gasteiger partial charge in [0.05, 0.1) is 7.14 Å². The summed E-state index contributed by atoms with van der Waals surface area (Å²) < 4.78 is 28.0. The summed E-state index contributed by atoms with van der Waals surface area (Å²) in [5, 5.41) is 0. The Labute approximate surface area is 86.0 Å². The molecular weight excluding hydrogens is 241 g/mol. The second kappa shape index (κ2) is 4.68. The van der Waals surface area contributed by atoms with Gasteiger partial charge >= 0.3 is 7.60 Å². The van der Waals surface area contributed by atoms with E-state index in [2.05, 4.69) is 6.30 Å². The number of hydrogen-bond acceptors (Lipinski definition) is 3. The third kappa shape index (κ3) is 7.04. The van der Waals surface area contributed by atoms with Crippen LogP contribution in [0.2, 0.25) is 0 Å². The lowest BCUT2D eigenvalue weighted by molar-refractivity contribution is 0.399. The Hall–Kier alpha value is 0.680. The van der Waals surface area contributed by atoms with Crippen molar-refractivity contribution >= 4 is 28.2 Å². The van der Waals surface area contributed by atoms with Crippen LogP contribution in [0.1, 0.15) is 6.92 Å². The van der Waals surface area contributed by atoms with Gasteiger partial charge in [-0.15, -0.1) is 0 Å². The first kappa shape index (κ1) is 14.7. The Morgan fingerprint density at radius 3 is 2.00 bits per heavy atom. The monoisotopic (exact) mass is 260 g/mol. The predicted octanol–water partition coefficient (Wildman–Crippen LogP) is 2.78. The molecule has 0 fully saturated rings. The minimum Gasteiger partial charge on any atom is -0.324 e. The Morgan fingerprint density at radius 2 is 1.71 bits per heavy atom. The summed E-state index contributed by atoms with van der Waals surface area (Å²) in [7, 11) is -8.28. The van der Waals surface area contributed by atoms with Gasteiger partial charge in [0.2, 0.25) is 0 Å². The van der Waals surface area contributed by atoms with E-state index in [4.69, 9.17) is 4.31 Å². The molecule has 2 unspecified atom stereocenters. The van der Waals surface area contributed by atoms with Gasteiger partial charge in [-0.1, -0.05) is 13.2 Å². The minimum absolute atomic E-state index is 0.259. The molecule has 0 aromatic rings. The fraction of sp³-hybridized carbons (Fsp3) is 0.857. The summed E-state index contributed by atoms with van der Waals surface area (Å²) >= 11 is 0. The molecule has 0 aromatic carbocycles. The Bertz CT molecular complexity index is 330. The summed E-state index contributed by atoms with van der Waals surface area (Å²) in [5.74, 6) is -0.259. The molecule has 0 radical (unpaired) electrons. The summed E-state index contributed by atoms with van der Waals surface area (Å²) in [5.41, 5.74) is 0. The SMILES string of the molecule is C=P(C)(CC)OP(=O)(O)CP(C)(C)=O. The van der Waals surface area contributed by atoms with Gasteiger partial charge in [0.1, 0.15) is 5.90 Å². The van der Waals surface area contributed by atoms with Gasteiger partial charge in [0.15, 0.2) is 0 Å². The van der Waals surface area contributed by atoms with Gasteiger partial charge in [-0.05, 0) is 26.2 Å². The summed E-state index contributed by atoms with van der Waals surface area (Å²) in [6, 6.07) is 0. The predicted molar refractivity (Wildman–Crippen MR) is 65.7 cm³/mol. The van der Waals surface area contributed by atoms with Crippen LogP contribution in [0, 0.1) is 0 Å². The van der Waals surface area contributed by atoms with Crippen LogP contribution in [0.4, 0.5) is 0 Å². The molecular formula is C7H19O4P3. The fourth-order valence-corrected chi connectivity index (χ4v) is 7.86. The van der Waals surface area contributed by atoms with Crippen molar-refractivity contribution in [2.75, 3.05) is 32.1 Å². The average molecular weight is 260 g/mol. The summed E-state index contributed by atoms with van der Waals surface area (Å²) in [6.45, 7) is 6.55. The maximum Gasteiger partial charge on any atom is 0.338 e. The third-order valence-electron chi connectivity index (χ3n) is 1.51. The van der Waals surface area contributed by atoms with E-state index < -0.39 is 21.9 Å². The van der Waals surface area contributed by atoms with Crippen molar-refractivity contribution in [2.45, 2.75) is 6.92 Å². The lowest BCUT2D eigenvalue weighted by Gasteiger charge is -2.22. The van der Waals surface area contributed by atoms with Gasteiger partial charge in [0.25, 0.3) is 0 Å². The standard InChI is InChI=1S/C7H19O4P3/c1-6-13(4,5)11-14(9,10)7-12(2,3)8/h4,6-7H2,1-3,5H3,(H,9,10). The van der Waals surface area contributed by atoms with E-state index in [9.17, 15) is 14.0 Å². The van der Waals surface area contributed by atoms with Crippen molar-refractivity contribution in [1.82, 2.24) is 0 Å². The van der Waals surface area contributed by atoms with Crippen LogP contribution >= 0.6 is 21.9 Å². The second-order valence-electron chi connectivity index (χ2n) is 4.05. The fourth-order valence-electron chi connectivity index (χ4n) is 0.822. The first-order chi connectivity index (χ1) is 5.97. The van der Waals surface area contributed by atoms with Crippen molar-refractivity contribution in [3.8, 4) is 0 Å². The maximum absolute atomic E-state index is 11.6. The number of hydrogen-bond donors (Lipinski definition) is 1. The molecule has 0 bridgehead atoms. The average Bonchev–Trinajstić information content (AvgIpc) is 1.78. The van der Waals surface area contributed by atoms with E-state index in [1.54, 1.807) is 6.66 Å². The normalized spacial score (nSPS) is 21.2. The van der Waals surface area contributed by atoms with Gasteiger partial charge in [0, 0.05) is 7.11 Å². The zero-order valence-electron chi connectivity index (χ0n) is 9.13. The molecule has 0 saturated carbocycles. The van der Waals surface area contributed by atoms with Gasteiger partial charge in [-0.25, -0.2) is 0 Å². The van der Waals surface area contributed by atoms with E-state index >= 15 is 0 Å². The third-order valence-corrected chi connectivity index (χ3v) is 9.60. The van der Waals surface area contributed by atoms with Crippen molar-refractivity contribution in [3.63, 3.8) is 0 Å². The topological polar surface area (TPSA) is 63.6 Å². The molecule has 14 heavy (non-hydrogen) atoms. The van der Waals surface area contributed by atoms with Crippen molar-refractivity contribution in [2.24, 2.45) is 0 Å². The Balaban J connectivity index is 4.60. The molecule has 0 spiro atoms. The summed E-state index contributed by atoms with van der Waals surface area (Å²) in [6.07, 6.45) is 4.40. The van der Waals surface area contributed by atoms with Crippen LogP contribution in [0.3, 0.4) is 0 Å². The molecule has 2 atom stereocenters.